The zero-order valence-electron chi connectivity index (χ0n) is 12.2. The fourth-order valence-corrected chi connectivity index (χ4v) is 3.23. The summed E-state index contributed by atoms with van der Waals surface area (Å²) in [4.78, 5) is 18.0. The summed E-state index contributed by atoms with van der Waals surface area (Å²) in [7, 11) is 0. The number of hydrogen-bond donors (Lipinski definition) is 2. The second-order valence-electron chi connectivity index (χ2n) is 5.69. The van der Waals surface area contributed by atoms with Crippen molar-refractivity contribution in [2.45, 2.75) is 13.0 Å². The van der Waals surface area contributed by atoms with Gasteiger partial charge in [-0.2, -0.15) is 0 Å². The molecule has 0 fully saturated rings. The molecule has 2 heterocycles. The molecule has 4 rings (SSSR count). The van der Waals surface area contributed by atoms with Gasteiger partial charge in [0.1, 0.15) is 0 Å². The van der Waals surface area contributed by atoms with Crippen molar-refractivity contribution in [2.75, 3.05) is 12.3 Å². The molecule has 0 saturated carbocycles. The van der Waals surface area contributed by atoms with Crippen molar-refractivity contribution < 1.29 is 4.79 Å². The van der Waals surface area contributed by atoms with E-state index in [1.165, 1.54) is 10.9 Å². The Morgan fingerprint density at radius 3 is 2.73 bits per heavy atom. The number of rotatable bonds is 1. The van der Waals surface area contributed by atoms with Gasteiger partial charge in [0.05, 0.1) is 12.1 Å². The van der Waals surface area contributed by atoms with Crippen LogP contribution in [0.2, 0.25) is 0 Å². The van der Waals surface area contributed by atoms with Crippen LogP contribution >= 0.6 is 0 Å². The molecule has 1 amide bonds. The van der Waals surface area contributed by atoms with Crippen molar-refractivity contribution in [3.8, 4) is 0 Å². The highest BCUT2D eigenvalue weighted by atomic mass is 16.2. The van der Waals surface area contributed by atoms with Crippen LogP contribution in [0.15, 0.2) is 48.5 Å². The number of carbonyl (C=O) groups is 1. The lowest BCUT2D eigenvalue weighted by Gasteiger charge is -2.27. The number of para-hydroxylation sites is 2. The quantitative estimate of drug-likeness (QED) is 0.677. The molecule has 2 aromatic carbocycles. The molecule has 3 aromatic rings. The third-order valence-electron chi connectivity index (χ3n) is 4.36. The molecule has 0 spiro atoms. The molecule has 22 heavy (non-hydrogen) atoms. The number of aromatic nitrogens is 1. The maximum atomic E-state index is 12.7. The predicted molar refractivity (Wildman–Crippen MR) is 87.6 cm³/mol. The van der Waals surface area contributed by atoms with Crippen LogP contribution in [0.5, 0.6) is 0 Å². The largest absolute Gasteiger partial charge is 0.398 e. The predicted octanol–water partition coefficient (Wildman–Crippen LogP) is 2.95. The molecule has 0 saturated heterocycles. The Hall–Kier alpha value is -2.75. The van der Waals surface area contributed by atoms with E-state index in [4.69, 9.17) is 5.73 Å². The molecule has 1 aromatic heterocycles. The lowest BCUT2D eigenvalue weighted by Crippen LogP contribution is -2.36. The van der Waals surface area contributed by atoms with Gasteiger partial charge in [-0.15, -0.1) is 0 Å². The van der Waals surface area contributed by atoms with Crippen LogP contribution in [-0.2, 0) is 13.0 Å². The van der Waals surface area contributed by atoms with E-state index < -0.39 is 0 Å². The van der Waals surface area contributed by atoms with E-state index in [1.807, 2.05) is 23.1 Å². The van der Waals surface area contributed by atoms with E-state index in [9.17, 15) is 4.79 Å². The van der Waals surface area contributed by atoms with Crippen molar-refractivity contribution in [1.29, 1.82) is 0 Å². The Morgan fingerprint density at radius 2 is 1.86 bits per heavy atom. The van der Waals surface area contributed by atoms with Crippen LogP contribution in [0, 0.1) is 0 Å². The molecule has 4 nitrogen and oxygen atoms in total. The van der Waals surface area contributed by atoms with Crippen molar-refractivity contribution >= 4 is 22.5 Å². The zero-order valence-corrected chi connectivity index (χ0v) is 12.2. The van der Waals surface area contributed by atoms with Gasteiger partial charge in [-0.3, -0.25) is 4.79 Å². The first-order chi connectivity index (χ1) is 10.7. The topological polar surface area (TPSA) is 62.1 Å². The molecule has 0 unspecified atom stereocenters. The Morgan fingerprint density at radius 1 is 1.09 bits per heavy atom. The van der Waals surface area contributed by atoms with Gasteiger partial charge in [-0.1, -0.05) is 30.3 Å². The highest BCUT2D eigenvalue weighted by Gasteiger charge is 2.25. The zero-order chi connectivity index (χ0) is 15.1. The first-order valence-electron chi connectivity index (χ1n) is 7.46. The molecular formula is C18H17N3O. The third kappa shape index (κ3) is 1.96. The minimum atomic E-state index is 0.00223. The smallest absolute Gasteiger partial charge is 0.256 e. The minimum Gasteiger partial charge on any atom is -0.398 e. The van der Waals surface area contributed by atoms with E-state index in [1.54, 1.807) is 12.1 Å². The van der Waals surface area contributed by atoms with E-state index in [0.717, 1.165) is 24.2 Å². The number of nitrogens with zero attached hydrogens (tertiary/aromatic N) is 1. The first-order valence-corrected chi connectivity index (χ1v) is 7.46. The van der Waals surface area contributed by atoms with Crippen molar-refractivity contribution in [3.63, 3.8) is 0 Å². The van der Waals surface area contributed by atoms with Crippen molar-refractivity contribution in [1.82, 2.24) is 9.88 Å². The highest BCUT2D eigenvalue weighted by molar-refractivity contribution is 5.99. The number of fused-ring (bicyclic) bond motifs is 3. The Labute approximate surface area is 128 Å². The Balaban J connectivity index is 1.67. The maximum absolute atomic E-state index is 12.7. The number of benzene rings is 2. The van der Waals surface area contributed by atoms with Gasteiger partial charge < -0.3 is 15.6 Å². The third-order valence-corrected chi connectivity index (χ3v) is 4.36. The number of nitrogens with two attached hydrogens (primary N) is 1. The molecule has 0 aliphatic carbocycles. The fourth-order valence-electron chi connectivity index (χ4n) is 3.23. The van der Waals surface area contributed by atoms with Gasteiger partial charge in [0.15, 0.2) is 0 Å². The van der Waals surface area contributed by atoms with Gasteiger partial charge in [0.25, 0.3) is 5.91 Å². The van der Waals surface area contributed by atoms with Crippen LogP contribution < -0.4 is 5.73 Å². The number of nitrogen functional groups attached to an aromatic ring is 1. The molecule has 0 radical (unpaired) electrons. The van der Waals surface area contributed by atoms with E-state index in [0.29, 0.717) is 17.8 Å². The average Bonchev–Trinajstić information content (AvgIpc) is 2.92. The number of carbonyl (C=O) groups excluding carboxylic acids is 1. The van der Waals surface area contributed by atoms with E-state index in [-0.39, 0.29) is 5.91 Å². The SMILES string of the molecule is Nc1ccccc1C(=O)N1CCc2c([nH]c3ccccc23)C1. The van der Waals surface area contributed by atoms with Crippen LogP contribution in [0.25, 0.3) is 10.9 Å². The lowest BCUT2D eigenvalue weighted by atomic mass is 10.0. The van der Waals surface area contributed by atoms with Gasteiger partial charge in [-0.25, -0.2) is 0 Å². The standard InChI is InChI=1S/C18H17N3O/c19-15-7-3-1-6-14(15)18(22)21-10-9-13-12-5-2-4-8-16(12)20-17(13)11-21/h1-8,20H,9-11,19H2. The van der Waals surface area contributed by atoms with Gasteiger partial charge in [0.2, 0.25) is 0 Å². The van der Waals surface area contributed by atoms with E-state index in [2.05, 4.69) is 23.2 Å². The van der Waals surface area contributed by atoms with Crippen molar-refractivity contribution in [2.24, 2.45) is 0 Å². The Bertz CT molecular complexity index is 866. The molecule has 1 aliphatic rings. The number of nitrogens with one attached hydrogen (secondary N) is 1. The molecular weight excluding hydrogens is 274 g/mol. The molecule has 0 bridgehead atoms. The van der Waals surface area contributed by atoms with Gasteiger partial charge in [0, 0.05) is 28.8 Å². The van der Waals surface area contributed by atoms with Crippen LogP contribution in [-0.4, -0.2) is 22.3 Å². The summed E-state index contributed by atoms with van der Waals surface area (Å²) >= 11 is 0. The van der Waals surface area contributed by atoms with Crippen molar-refractivity contribution in [3.05, 3.63) is 65.4 Å². The number of hydrogen-bond acceptors (Lipinski definition) is 2. The van der Waals surface area contributed by atoms with Crippen LogP contribution in [0.3, 0.4) is 0 Å². The summed E-state index contributed by atoms with van der Waals surface area (Å²) in [5.74, 6) is 0.00223. The second kappa shape index (κ2) is 4.91. The molecule has 3 N–H and O–H groups in total. The monoisotopic (exact) mass is 291 g/mol. The minimum absolute atomic E-state index is 0.00223. The molecule has 0 atom stereocenters. The normalized spacial score (nSPS) is 14.1. The summed E-state index contributed by atoms with van der Waals surface area (Å²) < 4.78 is 0. The first kappa shape index (κ1) is 13.0. The summed E-state index contributed by atoms with van der Waals surface area (Å²) in [6, 6.07) is 15.5. The number of anilines is 1. The van der Waals surface area contributed by atoms with Gasteiger partial charge >= 0.3 is 0 Å². The molecule has 110 valence electrons. The summed E-state index contributed by atoms with van der Waals surface area (Å²) in [6.45, 7) is 1.33. The summed E-state index contributed by atoms with van der Waals surface area (Å²) in [6.07, 6.45) is 0.873. The van der Waals surface area contributed by atoms with Crippen LogP contribution in [0.4, 0.5) is 5.69 Å². The Kier molecular flexibility index (Phi) is 2.89. The molecule has 4 heteroatoms. The second-order valence-corrected chi connectivity index (χ2v) is 5.69. The highest BCUT2D eigenvalue weighted by Crippen LogP contribution is 2.28. The average molecular weight is 291 g/mol. The summed E-state index contributed by atoms with van der Waals surface area (Å²) in [5, 5.41) is 1.27. The number of H-pyrrole nitrogens is 1. The number of aromatic amines is 1. The van der Waals surface area contributed by atoms with Crippen LogP contribution in [0.1, 0.15) is 21.6 Å². The van der Waals surface area contributed by atoms with E-state index >= 15 is 0 Å². The maximum Gasteiger partial charge on any atom is 0.256 e. The lowest BCUT2D eigenvalue weighted by molar-refractivity contribution is 0.0734. The number of amides is 1. The molecule has 1 aliphatic heterocycles. The summed E-state index contributed by atoms with van der Waals surface area (Å²) in [5.41, 5.74) is 10.7. The van der Waals surface area contributed by atoms with Gasteiger partial charge in [-0.05, 0) is 30.2 Å². The fraction of sp³-hybridized carbons (Fsp3) is 0.167.